The van der Waals surface area contributed by atoms with Gasteiger partial charge in [-0.3, -0.25) is 14.8 Å². The van der Waals surface area contributed by atoms with Crippen LogP contribution in [0.5, 0.6) is 0 Å². The normalized spacial score (nSPS) is 12.8. The minimum Gasteiger partial charge on any atom is -0.354 e. The Balaban J connectivity index is 1.58. The summed E-state index contributed by atoms with van der Waals surface area (Å²) in [6.45, 7) is 6.99. The standard InChI is InChI=1S/C20H28N8/c1-13(9-18-14(2)27-28(5)15(18)3)25-20(21-4)22-11-16-7-6-8-17(10-16)19-23-12-24-26-19/h6-8,10,12-13H,9,11H2,1-5H3,(H2,21,22,25)(H,23,24,26). The van der Waals surface area contributed by atoms with Gasteiger partial charge in [-0.25, -0.2) is 4.98 Å². The highest BCUT2D eigenvalue weighted by molar-refractivity contribution is 5.80. The highest BCUT2D eigenvalue weighted by Gasteiger charge is 2.14. The first-order valence-electron chi connectivity index (χ1n) is 9.39. The molecule has 0 aliphatic carbocycles. The van der Waals surface area contributed by atoms with Crippen molar-refractivity contribution in [3.05, 3.63) is 53.1 Å². The van der Waals surface area contributed by atoms with Crippen LogP contribution in [0.4, 0.5) is 0 Å². The van der Waals surface area contributed by atoms with E-state index in [2.05, 4.69) is 68.8 Å². The topological polar surface area (TPSA) is 95.8 Å². The molecule has 0 fully saturated rings. The Morgan fingerprint density at radius 3 is 2.79 bits per heavy atom. The minimum absolute atomic E-state index is 0.230. The number of aliphatic imine (C=N–C) groups is 1. The van der Waals surface area contributed by atoms with Crippen LogP contribution < -0.4 is 10.6 Å². The molecule has 3 N–H and O–H groups in total. The van der Waals surface area contributed by atoms with Gasteiger partial charge in [-0.1, -0.05) is 18.2 Å². The molecule has 0 spiro atoms. The maximum Gasteiger partial charge on any atom is 0.191 e. The van der Waals surface area contributed by atoms with Gasteiger partial charge in [-0.2, -0.15) is 10.2 Å². The fourth-order valence-corrected chi connectivity index (χ4v) is 3.26. The summed E-state index contributed by atoms with van der Waals surface area (Å²) in [6.07, 6.45) is 2.41. The molecule has 1 unspecified atom stereocenters. The van der Waals surface area contributed by atoms with E-state index in [0.717, 1.165) is 35.0 Å². The molecule has 8 nitrogen and oxygen atoms in total. The molecule has 0 saturated carbocycles. The highest BCUT2D eigenvalue weighted by Crippen LogP contribution is 2.16. The Morgan fingerprint density at radius 1 is 1.32 bits per heavy atom. The van der Waals surface area contributed by atoms with Crippen LogP contribution in [0.15, 0.2) is 35.6 Å². The number of nitrogens with zero attached hydrogens (tertiary/aromatic N) is 5. The Bertz CT molecular complexity index is 939. The summed E-state index contributed by atoms with van der Waals surface area (Å²) >= 11 is 0. The van der Waals surface area contributed by atoms with Crippen molar-refractivity contribution in [2.75, 3.05) is 7.05 Å². The summed E-state index contributed by atoms with van der Waals surface area (Å²) in [5.41, 5.74) is 5.73. The number of H-pyrrole nitrogens is 1. The van der Waals surface area contributed by atoms with Crippen LogP contribution >= 0.6 is 0 Å². The number of hydrogen-bond donors (Lipinski definition) is 3. The van der Waals surface area contributed by atoms with E-state index in [1.807, 2.05) is 23.9 Å². The predicted molar refractivity (Wildman–Crippen MR) is 111 cm³/mol. The number of aromatic nitrogens is 5. The van der Waals surface area contributed by atoms with Crippen molar-refractivity contribution in [2.45, 2.75) is 39.8 Å². The Kier molecular flexibility index (Phi) is 6.08. The smallest absolute Gasteiger partial charge is 0.191 e. The zero-order valence-corrected chi connectivity index (χ0v) is 17.1. The van der Waals surface area contributed by atoms with Gasteiger partial charge in [0.15, 0.2) is 11.8 Å². The van der Waals surface area contributed by atoms with Gasteiger partial charge in [0.25, 0.3) is 0 Å². The van der Waals surface area contributed by atoms with Crippen LogP contribution in [0.1, 0.15) is 29.4 Å². The Morgan fingerprint density at radius 2 is 2.14 bits per heavy atom. The van der Waals surface area contributed by atoms with E-state index in [-0.39, 0.29) is 6.04 Å². The van der Waals surface area contributed by atoms with Crippen molar-refractivity contribution in [3.63, 3.8) is 0 Å². The second kappa shape index (κ2) is 8.69. The molecule has 0 aliphatic rings. The van der Waals surface area contributed by atoms with E-state index in [4.69, 9.17) is 0 Å². The maximum absolute atomic E-state index is 4.50. The lowest BCUT2D eigenvalue weighted by Gasteiger charge is -2.18. The molecular weight excluding hydrogens is 352 g/mol. The lowest BCUT2D eigenvalue weighted by molar-refractivity contribution is 0.635. The number of aryl methyl sites for hydroxylation is 2. The van der Waals surface area contributed by atoms with E-state index in [1.54, 1.807) is 7.05 Å². The molecule has 1 aromatic carbocycles. The van der Waals surface area contributed by atoms with Gasteiger partial charge in [0.1, 0.15) is 6.33 Å². The number of rotatable bonds is 6. The zero-order valence-electron chi connectivity index (χ0n) is 17.1. The maximum atomic E-state index is 4.50. The van der Waals surface area contributed by atoms with Gasteiger partial charge in [-0.15, -0.1) is 0 Å². The second-order valence-electron chi connectivity index (χ2n) is 6.98. The third-order valence-corrected chi connectivity index (χ3v) is 4.85. The first-order chi connectivity index (χ1) is 13.5. The SMILES string of the molecule is CN=C(NCc1cccc(-c2ncn[nH]2)c1)NC(C)Cc1c(C)nn(C)c1C. The van der Waals surface area contributed by atoms with Gasteiger partial charge in [0.2, 0.25) is 0 Å². The molecule has 28 heavy (non-hydrogen) atoms. The second-order valence-corrected chi connectivity index (χ2v) is 6.98. The van der Waals surface area contributed by atoms with Crippen LogP contribution in [-0.2, 0) is 20.0 Å². The van der Waals surface area contributed by atoms with E-state index >= 15 is 0 Å². The van der Waals surface area contributed by atoms with Gasteiger partial charge in [-0.05, 0) is 44.4 Å². The number of hydrogen-bond acceptors (Lipinski definition) is 4. The fourth-order valence-electron chi connectivity index (χ4n) is 3.26. The van der Waals surface area contributed by atoms with Crippen molar-refractivity contribution in [2.24, 2.45) is 12.0 Å². The van der Waals surface area contributed by atoms with Crippen LogP contribution in [0.3, 0.4) is 0 Å². The average Bonchev–Trinajstić information content (AvgIpc) is 3.30. The molecular formula is C20H28N8. The van der Waals surface area contributed by atoms with E-state index in [9.17, 15) is 0 Å². The molecule has 148 valence electrons. The molecule has 0 aliphatic heterocycles. The van der Waals surface area contributed by atoms with Gasteiger partial charge in [0, 0.05) is 37.9 Å². The van der Waals surface area contributed by atoms with Crippen molar-refractivity contribution in [1.29, 1.82) is 0 Å². The van der Waals surface area contributed by atoms with Crippen molar-refractivity contribution in [1.82, 2.24) is 35.6 Å². The quantitative estimate of drug-likeness (QED) is 0.450. The van der Waals surface area contributed by atoms with Crippen LogP contribution in [0.25, 0.3) is 11.4 Å². The van der Waals surface area contributed by atoms with E-state index in [0.29, 0.717) is 6.54 Å². The molecule has 3 rings (SSSR count). The molecule has 0 saturated heterocycles. The molecule has 1 atom stereocenters. The number of benzene rings is 1. The molecule has 3 aromatic rings. The third-order valence-electron chi connectivity index (χ3n) is 4.85. The lowest BCUT2D eigenvalue weighted by atomic mass is 10.1. The Hall–Kier alpha value is -3.16. The predicted octanol–water partition coefficient (Wildman–Crippen LogP) is 2.12. The zero-order chi connectivity index (χ0) is 20.1. The minimum atomic E-state index is 0.230. The molecule has 0 bridgehead atoms. The summed E-state index contributed by atoms with van der Waals surface area (Å²) < 4.78 is 1.94. The molecule has 8 heteroatoms. The lowest BCUT2D eigenvalue weighted by Crippen LogP contribution is -2.42. The molecule has 2 aromatic heterocycles. The number of guanidine groups is 1. The number of nitrogens with one attached hydrogen (secondary N) is 3. The third kappa shape index (κ3) is 4.57. The largest absolute Gasteiger partial charge is 0.354 e. The summed E-state index contributed by atoms with van der Waals surface area (Å²) in [7, 11) is 3.77. The van der Waals surface area contributed by atoms with Gasteiger partial charge in [0.05, 0.1) is 5.69 Å². The highest BCUT2D eigenvalue weighted by atomic mass is 15.3. The molecule has 2 heterocycles. The summed E-state index contributed by atoms with van der Waals surface area (Å²) in [4.78, 5) is 8.56. The van der Waals surface area contributed by atoms with Crippen molar-refractivity contribution in [3.8, 4) is 11.4 Å². The van der Waals surface area contributed by atoms with Crippen LogP contribution in [-0.4, -0.2) is 44.0 Å². The van der Waals surface area contributed by atoms with E-state index in [1.165, 1.54) is 17.6 Å². The average molecular weight is 381 g/mol. The number of aromatic amines is 1. The van der Waals surface area contributed by atoms with Crippen LogP contribution in [0.2, 0.25) is 0 Å². The van der Waals surface area contributed by atoms with Crippen molar-refractivity contribution < 1.29 is 0 Å². The summed E-state index contributed by atoms with van der Waals surface area (Å²) in [5.74, 6) is 1.54. The molecule has 0 radical (unpaired) electrons. The fraction of sp³-hybridized carbons (Fsp3) is 0.400. The first-order valence-corrected chi connectivity index (χ1v) is 9.39. The molecule has 0 amide bonds. The van der Waals surface area contributed by atoms with Gasteiger partial charge >= 0.3 is 0 Å². The monoisotopic (exact) mass is 380 g/mol. The Labute approximate surface area is 165 Å². The van der Waals surface area contributed by atoms with Crippen molar-refractivity contribution >= 4 is 5.96 Å². The summed E-state index contributed by atoms with van der Waals surface area (Å²) in [6, 6.07) is 8.42. The van der Waals surface area contributed by atoms with Gasteiger partial charge < -0.3 is 10.6 Å². The first kappa shape index (κ1) is 19.6. The van der Waals surface area contributed by atoms with E-state index < -0.39 is 0 Å². The summed E-state index contributed by atoms with van der Waals surface area (Å²) in [5, 5.41) is 18.1. The van der Waals surface area contributed by atoms with Crippen LogP contribution in [0, 0.1) is 13.8 Å².